The summed E-state index contributed by atoms with van der Waals surface area (Å²) >= 11 is 0. The van der Waals surface area contributed by atoms with Gasteiger partial charge in [-0.3, -0.25) is 10.1 Å². The van der Waals surface area contributed by atoms with Gasteiger partial charge < -0.3 is 19.5 Å². The summed E-state index contributed by atoms with van der Waals surface area (Å²) in [6.07, 6.45) is -3.76. The Bertz CT molecular complexity index is 899. The van der Waals surface area contributed by atoms with Gasteiger partial charge in [0.25, 0.3) is 0 Å². The molecule has 14 heteroatoms. The molecule has 0 saturated carbocycles. The first kappa shape index (κ1) is 26.3. The van der Waals surface area contributed by atoms with E-state index in [-0.39, 0.29) is 6.42 Å². The number of amides is 2. The van der Waals surface area contributed by atoms with Crippen LogP contribution in [-0.2, 0) is 26.0 Å². The molecule has 0 fully saturated rings. The van der Waals surface area contributed by atoms with E-state index >= 15 is 0 Å². The van der Waals surface area contributed by atoms with E-state index in [2.05, 4.69) is 0 Å². The Morgan fingerprint density at radius 3 is 2.10 bits per heavy atom. The molecule has 0 radical (unpaired) electrons. The lowest BCUT2D eigenvalue weighted by atomic mass is 10.1. The summed E-state index contributed by atoms with van der Waals surface area (Å²) in [4.78, 5) is 24.2. The molecule has 1 aromatic rings. The van der Waals surface area contributed by atoms with Gasteiger partial charge in [0, 0.05) is 0 Å². The highest BCUT2D eigenvalue weighted by Gasteiger charge is 2.47. The van der Waals surface area contributed by atoms with Crippen LogP contribution in [0.5, 0.6) is 11.5 Å². The number of methoxy groups -OCH3 is 2. The number of sulfonamides is 1. The van der Waals surface area contributed by atoms with E-state index in [9.17, 15) is 31.2 Å². The van der Waals surface area contributed by atoms with Crippen molar-refractivity contribution in [3.63, 3.8) is 0 Å². The summed E-state index contributed by atoms with van der Waals surface area (Å²) in [6.45, 7) is 4.45. The number of benzene rings is 1. The molecular weight excluding hydrogens is 447 g/mol. The highest BCUT2D eigenvalue weighted by molar-refractivity contribution is 7.90. The first-order chi connectivity index (χ1) is 14.1. The largest absolute Gasteiger partial charge is 0.511 e. The minimum absolute atomic E-state index is 0.300. The van der Waals surface area contributed by atoms with E-state index in [1.807, 2.05) is 10.6 Å². The third kappa shape index (κ3) is 8.49. The maximum Gasteiger partial charge on any atom is 0.511 e. The number of nitrogens with one attached hydrogen (secondary N) is 3. The average Bonchev–Trinajstić information content (AvgIpc) is 2.58. The fourth-order valence-electron chi connectivity index (χ4n) is 2.13. The number of hydrogen-bond donors (Lipinski definition) is 3. The quantitative estimate of drug-likeness (QED) is 0.491. The topological polar surface area (TPSA) is 132 Å². The van der Waals surface area contributed by atoms with Gasteiger partial charge in [-0.05, 0) is 38.5 Å². The van der Waals surface area contributed by atoms with E-state index in [0.29, 0.717) is 17.1 Å². The Labute approximate surface area is 177 Å². The second-order valence-electron chi connectivity index (χ2n) is 7.08. The highest BCUT2D eigenvalue weighted by atomic mass is 32.2. The van der Waals surface area contributed by atoms with Crippen LogP contribution in [0.1, 0.15) is 26.3 Å². The number of alkyl carbamates (subject to hydrolysis) is 1. The number of rotatable bonds is 8. The molecule has 0 aliphatic heterocycles. The SMILES string of the molecule is COc1ccc(CC(=O)NC(NC(=O)OC(C)(C)C)NS(=O)(=O)C(F)(F)F)cc1OC. The molecule has 1 unspecified atom stereocenters. The number of halogens is 3. The molecule has 0 bridgehead atoms. The van der Waals surface area contributed by atoms with E-state index in [4.69, 9.17) is 14.2 Å². The van der Waals surface area contributed by atoms with Crippen LogP contribution in [0.3, 0.4) is 0 Å². The maximum atomic E-state index is 12.7. The van der Waals surface area contributed by atoms with Crippen molar-refractivity contribution in [3.05, 3.63) is 23.8 Å². The fraction of sp³-hybridized carbons (Fsp3) is 0.529. The van der Waals surface area contributed by atoms with Gasteiger partial charge in [0.2, 0.25) is 5.91 Å². The molecule has 176 valence electrons. The predicted molar refractivity (Wildman–Crippen MR) is 103 cm³/mol. The molecule has 10 nitrogen and oxygen atoms in total. The van der Waals surface area contributed by atoms with Crippen LogP contribution in [0, 0.1) is 0 Å². The van der Waals surface area contributed by atoms with Crippen LogP contribution < -0.4 is 24.8 Å². The van der Waals surface area contributed by atoms with Crippen molar-refractivity contribution >= 4 is 22.0 Å². The third-order valence-electron chi connectivity index (χ3n) is 3.36. The van der Waals surface area contributed by atoms with E-state index in [1.165, 1.54) is 57.9 Å². The summed E-state index contributed by atoms with van der Waals surface area (Å²) in [5.74, 6) is -0.221. The Morgan fingerprint density at radius 2 is 1.61 bits per heavy atom. The second-order valence-corrected chi connectivity index (χ2v) is 8.79. The predicted octanol–water partition coefficient (Wildman–Crippen LogP) is 1.61. The monoisotopic (exact) mass is 471 g/mol. The van der Waals surface area contributed by atoms with Gasteiger partial charge in [-0.25, -0.2) is 13.2 Å². The smallest absolute Gasteiger partial charge is 0.493 e. The standard InChI is InChI=1S/C17H24F3N3O7S/c1-16(2,3)30-15(25)22-14(23-31(26,27)17(18,19)20)21-13(24)9-10-6-7-11(28-4)12(8-10)29-5/h6-8,14,23H,9H2,1-5H3,(H,21,24)(H,22,25). The zero-order chi connectivity index (χ0) is 24.0. The van der Waals surface area contributed by atoms with Gasteiger partial charge in [-0.15, -0.1) is 0 Å². The highest BCUT2D eigenvalue weighted by Crippen LogP contribution is 2.27. The van der Waals surface area contributed by atoms with E-state index in [1.54, 1.807) is 0 Å². The van der Waals surface area contributed by atoms with Crippen LogP contribution in [0.2, 0.25) is 0 Å². The molecule has 0 aliphatic carbocycles. The van der Waals surface area contributed by atoms with Crippen molar-refractivity contribution < 1.29 is 45.4 Å². The lowest BCUT2D eigenvalue weighted by Gasteiger charge is -2.25. The summed E-state index contributed by atoms with van der Waals surface area (Å²) in [5.41, 5.74) is -6.32. The minimum Gasteiger partial charge on any atom is -0.493 e. The van der Waals surface area contributed by atoms with Gasteiger partial charge in [-0.1, -0.05) is 6.07 Å². The van der Waals surface area contributed by atoms with Crippen LogP contribution >= 0.6 is 0 Å². The number of carbonyl (C=O) groups excluding carboxylic acids is 2. The zero-order valence-corrected chi connectivity index (χ0v) is 18.2. The van der Waals surface area contributed by atoms with Crippen LogP contribution in [-0.4, -0.2) is 52.0 Å². The Balaban J connectivity index is 3.00. The number of hydrogen-bond acceptors (Lipinski definition) is 7. The lowest BCUT2D eigenvalue weighted by Crippen LogP contribution is -2.60. The van der Waals surface area contributed by atoms with Gasteiger partial charge >= 0.3 is 21.6 Å². The molecule has 0 spiro atoms. The maximum absolute atomic E-state index is 12.7. The Hall–Kier alpha value is -2.74. The average molecular weight is 471 g/mol. The molecule has 1 rings (SSSR count). The molecule has 1 atom stereocenters. The lowest BCUT2D eigenvalue weighted by molar-refractivity contribution is -0.121. The summed E-state index contributed by atoms with van der Waals surface area (Å²) in [6, 6.07) is 4.45. The van der Waals surface area contributed by atoms with Gasteiger partial charge in [-0.2, -0.15) is 17.9 Å². The van der Waals surface area contributed by atoms with Gasteiger partial charge in [0.05, 0.1) is 20.6 Å². The Kier molecular flexibility index (Phi) is 8.52. The molecular formula is C17H24F3N3O7S. The van der Waals surface area contributed by atoms with Crippen molar-refractivity contribution in [3.8, 4) is 11.5 Å². The van der Waals surface area contributed by atoms with Crippen molar-refractivity contribution in [2.45, 2.75) is 44.6 Å². The van der Waals surface area contributed by atoms with E-state index in [0.717, 1.165) is 0 Å². The molecule has 0 aromatic heterocycles. The first-order valence-corrected chi connectivity index (χ1v) is 10.1. The van der Waals surface area contributed by atoms with Crippen LogP contribution in [0.25, 0.3) is 0 Å². The second kappa shape index (κ2) is 10.0. The molecule has 31 heavy (non-hydrogen) atoms. The van der Waals surface area contributed by atoms with Gasteiger partial charge in [0.15, 0.2) is 17.8 Å². The van der Waals surface area contributed by atoms with Crippen molar-refractivity contribution in [1.82, 2.24) is 15.4 Å². The van der Waals surface area contributed by atoms with Crippen LogP contribution in [0.4, 0.5) is 18.0 Å². The Morgan fingerprint density at radius 1 is 1.03 bits per heavy atom. The van der Waals surface area contributed by atoms with Crippen molar-refractivity contribution in [1.29, 1.82) is 0 Å². The summed E-state index contributed by atoms with van der Waals surface area (Å²) in [5, 5.41) is 3.79. The molecule has 1 aromatic carbocycles. The van der Waals surface area contributed by atoms with Crippen LogP contribution in [0.15, 0.2) is 18.2 Å². The molecule has 3 N–H and O–H groups in total. The zero-order valence-electron chi connectivity index (χ0n) is 17.4. The number of carbonyl (C=O) groups is 2. The minimum atomic E-state index is -5.90. The third-order valence-corrected chi connectivity index (χ3v) is 4.51. The fourth-order valence-corrected chi connectivity index (χ4v) is 2.69. The molecule has 0 aliphatic rings. The summed E-state index contributed by atoms with van der Waals surface area (Å²) < 4.78 is 77.1. The van der Waals surface area contributed by atoms with Crippen molar-refractivity contribution in [2.75, 3.05) is 14.2 Å². The number of ether oxygens (including phenoxy) is 3. The summed E-state index contributed by atoms with van der Waals surface area (Å²) in [7, 11) is -3.12. The molecule has 0 saturated heterocycles. The first-order valence-electron chi connectivity index (χ1n) is 8.66. The van der Waals surface area contributed by atoms with E-state index < -0.39 is 39.4 Å². The normalized spacial score (nSPS) is 13.2. The van der Waals surface area contributed by atoms with Gasteiger partial charge in [0.1, 0.15) is 5.60 Å². The van der Waals surface area contributed by atoms with Crippen molar-refractivity contribution in [2.24, 2.45) is 0 Å². The molecule has 0 heterocycles. The number of alkyl halides is 3. The molecule has 2 amide bonds.